The summed E-state index contributed by atoms with van der Waals surface area (Å²) in [5.41, 5.74) is -0.0275. The molecule has 0 saturated heterocycles. The van der Waals surface area contributed by atoms with Crippen LogP contribution in [0, 0.1) is 0 Å². The van der Waals surface area contributed by atoms with E-state index < -0.39 is 5.97 Å². The van der Waals surface area contributed by atoms with Crippen molar-refractivity contribution in [3.63, 3.8) is 0 Å². The molecule has 0 bridgehead atoms. The van der Waals surface area contributed by atoms with Gasteiger partial charge in [-0.1, -0.05) is 6.92 Å². The van der Waals surface area contributed by atoms with Crippen molar-refractivity contribution in [3.8, 4) is 5.88 Å². The molecule has 0 saturated carbocycles. The third-order valence-corrected chi connectivity index (χ3v) is 1.65. The van der Waals surface area contributed by atoms with E-state index in [1.807, 2.05) is 6.92 Å². The number of aromatic carboxylic acids is 1. The van der Waals surface area contributed by atoms with Crippen LogP contribution in [0.4, 0.5) is 0 Å². The number of methoxy groups -OCH3 is 1. The fourth-order valence-electron chi connectivity index (χ4n) is 1.02. The van der Waals surface area contributed by atoms with E-state index in [9.17, 15) is 4.79 Å². The largest absolute Gasteiger partial charge is 0.481 e. The zero-order valence-corrected chi connectivity index (χ0v) is 8.15. The lowest BCUT2D eigenvalue weighted by molar-refractivity contribution is 0.0689. The molecule has 14 heavy (non-hydrogen) atoms. The van der Waals surface area contributed by atoms with Crippen molar-refractivity contribution in [2.75, 3.05) is 7.11 Å². The number of ether oxygens (including phenoxy) is 1. The summed E-state index contributed by atoms with van der Waals surface area (Å²) in [6, 6.07) is 1.31. The Morgan fingerprint density at radius 3 is 2.79 bits per heavy atom. The molecule has 0 atom stereocenters. The molecule has 0 radical (unpaired) electrons. The molecule has 0 unspecified atom stereocenters. The molecule has 0 spiro atoms. The first kappa shape index (κ1) is 10.4. The molecule has 0 aromatic carbocycles. The summed E-state index contributed by atoms with van der Waals surface area (Å²) < 4.78 is 4.88. The molecule has 0 fully saturated rings. The van der Waals surface area contributed by atoms with Crippen LogP contribution in [0.5, 0.6) is 5.88 Å². The molecule has 1 heterocycles. The number of nitrogens with zero attached hydrogens (tertiary/aromatic N) is 2. The third kappa shape index (κ3) is 2.42. The van der Waals surface area contributed by atoms with Crippen LogP contribution in [0.2, 0.25) is 0 Å². The summed E-state index contributed by atoms with van der Waals surface area (Å²) in [6.07, 6.45) is 1.52. The van der Waals surface area contributed by atoms with E-state index in [0.717, 1.165) is 6.42 Å². The molecular formula is C9H12N2O3. The SMILES string of the molecule is CCCc1nc(OC)cc(C(=O)O)n1. The lowest BCUT2D eigenvalue weighted by atomic mass is 10.3. The number of carboxylic acids is 1. The maximum atomic E-state index is 10.7. The highest BCUT2D eigenvalue weighted by Crippen LogP contribution is 2.09. The molecule has 1 N–H and O–H groups in total. The van der Waals surface area contributed by atoms with E-state index in [-0.39, 0.29) is 5.69 Å². The van der Waals surface area contributed by atoms with Gasteiger partial charge in [-0.05, 0) is 6.42 Å². The number of hydrogen-bond donors (Lipinski definition) is 1. The zero-order chi connectivity index (χ0) is 10.6. The predicted octanol–water partition coefficient (Wildman–Crippen LogP) is 1.14. The summed E-state index contributed by atoms with van der Waals surface area (Å²) in [7, 11) is 1.45. The fraction of sp³-hybridized carbons (Fsp3) is 0.444. The molecule has 5 nitrogen and oxygen atoms in total. The Hall–Kier alpha value is -1.65. The standard InChI is InChI=1S/C9H12N2O3/c1-3-4-7-10-6(9(12)13)5-8(11-7)14-2/h5H,3-4H2,1-2H3,(H,12,13). The first-order valence-electron chi connectivity index (χ1n) is 4.32. The van der Waals surface area contributed by atoms with Crippen molar-refractivity contribution in [2.24, 2.45) is 0 Å². The van der Waals surface area contributed by atoms with Gasteiger partial charge in [-0.25, -0.2) is 9.78 Å². The maximum Gasteiger partial charge on any atom is 0.354 e. The first-order valence-corrected chi connectivity index (χ1v) is 4.32. The van der Waals surface area contributed by atoms with E-state index in [2.05, 4.69) is 9.97 Å². The summed E-state index contributed by atoms with van der Waals surface area (Å²) >= 11 is 0. The minimum absolute atomic E-state index is 0.0275. The van der Waals surface area contributed by atoms with Gasteiger partial charge >= 0.3 is 5.97 Å². The molecular weight excluding hydrogens is 184 g/mol. The van der Waals surface area contributed by atoms with Crippen LogP contribution < -0.4 is 4.74 Å². The highest BCUT2D eigenvalue weighted by molar-refractivity contribution is 5.85. The van der Waals surface area contributed by atoms with Crippen LogP contribution in [0.15, 0.2) is 6.07 Å². The zero-order valence-electron chi connectivity index (χ0n) is 8.15. The highest BCUT2D eigenvalue weighted by Gasteiger charge is 2.09. The van der Waals surface area contributed by atoms with Gasteiger partial charge in [0.05, 0.1) is 7.11 Å². The number of carbonyl (C=O) groups is 1. The van der Waals surface area contributed by atoms with Crippen molar-refractivity contribution in [1.29, 1.82) is 0 Å². The van der Waals surface area contributed by atoms with Crippen LogP contribution in [-0.4, -0.2) is 28.2 Å². The monoisotopic (exact) mass is 196 g/mol. The van der Waals surface area contributed by atoms with E-state index in [1.165, 1.54) is 13.2 Å². The molecule has 1 rings (SSSR count). The van der Waals surface area contributed by atoms with Gasteiger partial charge in [0.25, 0.3) is 0 Å². The van der Waals surface area contributed by atoms with Gasteiger partial charge in [-0.2, -0.15) is 4.98 Å². The van der Waals surface area contributed by atoms with Crippen LogP contribution in [0.3, 0.4) is 0 Å². The van der Waals surface area contributed by atoms with Gasteiger partial charge in [0.2, 0.25) is 5.88 Å². The second-order valence-corrected chi connectivity index (χ2v) is 2.77. The molecule has 1 aromatic heterocycles. The van der Waals surface area contributed by atoms with Gasteiger partial charge in [0.1, 0.15) is 5.82 Å². The average Bonchev–Trinajstić information content (AvgIpc) is 2.17. The molecule has 0 aliphatic rings. The lowest BCUT2D eigenvalue weighted by Gasteiger charge is -2.03. The van der Waals surface area contributed by atoms with E-state index in [0.29, 0.717) is 18.1 Å². The van der Waals surface area contributed by atoms with Gasteiger partial charge < -0.3 is 9.84 Å². The Labute approximate surface area is 81.8 Å². The second kappa shape index (κ2) is 4.55. The number of rotatable bonds is 4. The minimum atomic E-state index is -1.07. The van der Waals surface area contributed by atoms with Gasteiger partial charge in [-0.15, -0.1) is 0 Å². The summed E-state index contributed by atoms with van der Waals surface area (Å²) in [4.78, 5) is 18.6. The van der Waals surface area contributed by atoms with Crippen LogP contribution in [0.25, 0.3) is 0 Å². The molecule has 5 heteroatoms. The second-order valence-electron chi connectivity index (χ2n) is 2.77. The fourth-order valence-corrected chi connectivity index (χ4v) is 1.02. The van der Waals surface area contributed by atoms with Gasteiger partial charge in [-0.3, -0.25) is 0 Å². The van der Waals surface area contributed by atoms with Crippen LogP contribution in [0.1, 0.15) is 29.7 Å². The quantitative estimate of drug-likeness (QED) is 0.781. The normalized spacial score (nSPS) is 9.86. The number of carboxylic acid groups (broad SMARTS) is 1. The smallest absolute Gasteiger partial charge is 0.354 e. The molecule has 1 aromatic rings. The van der Waals surface area contributed by atoms with Crippen molar-refractivity contribution in [2.45, 2.75) is 19.8 Å². The Balaban J connectivity index is 3.06. The maximum absolute atomic E-state index is 10.7. The molecule has 0 amide bonds. The Morgan fingerprint density at radius 2 is 2.29 bits per heavy atom. The van der Waals surface area contributed by atoms with Gasteiger partial charge in [0, 0.05) is 12.5 Å². The number of hydrogen-bond acceptors (Lipinski definition) is 4. The van der Waals surface area contributed by atoms with E-state index in [1.54, 1.807) is 0 Å². The van der Waals surface area contributed by atoms with Crippen molar-refractivity contribution in [1.82, 2.24) is 9.97 Å². The van der Waals surface area contributed by atoms with Crippen molar-refractivity contribution >= 4 is 5.97 Å². The Morgan fingerprint density at radius 1 is 1.57 bits per heavy atom. The predicted molar refractivity (Wildman–Crippen MR) is 49.5 cm³/mol. The summed E-state index contributed by atoms with van der Waals surface area (Å²) in [6.45, 7) is 1.98. The van der Waals surface area contributed by atoms with E-state index in [4.69, 9.17) is 9.84 Å². The van der Waals surface area contributed by atoms with Crippen LogP contribution in [-0.2, 0) is 6.42 Å². The Kier molecular flexibility index (Phi) is 3.39. The van der Waals surface area contributed by atoms with Crippen LogP contribution >= 0.6 is 0 Å². The third-order valence-electron chi connectivity index (χ3n) is 1.65. The molecule has 0 aliphatic carbocycles. The summed E-state index contributed by atoms with van der Waals surface area (Å²) in [5.74, 6) is -0.270. The number of aromatic nitrogens is 2. The van der Waals surface area contributed by atoms with Gasteiger partial charge in [0.15, 0.2) is 5.69 Å². The topological polar surface area (TPSA) is 72.3 Å². The van der Waals surface area contributed by atoms with E-state index >= 15 is 0 Å². The average molecular weight is 196 g/mol. The summed E-state index contributed by atoms with van der Waals surface area (Å²) in [5, 5.41) is 8.75. The number of aryl methyl sites for hydroxylation is 1. The van der Waals surface area contributed by atoms with Crippen molar-refractivity contribution < 1.29 is 14.6 Å². The molecule has 0 aliphatic heterocycles. The lowest BCUT2D eigenvalue weighted by Crippen LogP contribution is -2.06. The first-order chi connectivity index (χ1) is 6.67. The molecule has 76 valence electrons. The highest BCUT2D eigenvalue weighted by atomic mass is 16.5. The minimum Gasteiger partial charge on any atom is -0.481 e. The Bertz CT molecular complexity index is 339. The van der Waals surface area contributed by atoms with Crippen molar-refractivity contribution in [3.05, 3.63) is 17.6 Å².